The minimum atomic E-state index is -0.856. The molecule has 0 spiro atoms. The van der Waals surface area contributed by atoms with Gasteiger partial charge in [-0.3, -0.25) is 0 Å². The fourth-order valence-electron chi connectivity index (χ4n) is 2.11. The number of esters is 2. The van der Waals surface area contributed by atoms with Gasteiger partial charge in [0, 0.05) is 23.6 Å². The van der Waals surface area contributed by atoms with Crippen molar-refractivity contribution in [1.82, 2.24) is 0 Å². The first-order chi connectivity index (χ1) is 12.5. The number of halogens is 2. The molecule has 2 aromatic carbocycles. The summed E-state index contributed by atoms with van der Waals surface area (Å²) in [7, 11) is 2.35. The van der Waals surface area contributed by atoms with Crippen molar-refractivity contribution >= 4 is 46.9 Å². The summed E-state index contributed by atoms with van der Waals surface area (Å²) in [6.07, 6.45) is 0. The summed E-state index contributed by atoms with van der Waals surface area (Å²) in [5.74, 6) is -1.71. The zero-order chi connectivity index (χ0) is 19.1. The van der Waals surface area contributed by atoms with Crippen LogP contribution >= 0.6 is 23.6 Å². The third-order valence-electron chi connectivity index (χ3n) is 3.34. The molecule has 0 aliphatic rings. The minimum absolute atomic E-state index is 0.286. The summed E-state index contributed by atoms with van der Waals surface area (Å²) in [6.45, 7) is 0. The Balaban J connectivity index is 2.67. The van der Waals surface area contributed by atoms with E-state index in [0.29, 0.717) is 11.4 Å². The molecule has 0 aliphatic heterocycles. The van der Waals surface area contributed by atoms with Crippen LogP contribution in [0.3, 0.4) is 0 Å². The first-order valence-electron chi connectivity index (χ1n) is 7.44. The molecule has 0 saturated heterocycles. The predicted octanol–water partition coefficient (Wildman–Crippen LogP) is 3.86. The van der Waals surface area contributed by atoms with Crippen LogP contribution in [0.25, 0.3) is 0 Å². The van der Waals surface area contributed by atoms with Crippen molar-refractivity contribution in [3.63, 3.8) is 0 Å². The highest BCUT2D eigenvalue weighted by Gasteiger charge is 2.32. The topological polar surface area (TPSA) is 59.1 Å². The molecule has 2 aromatic rings. The number of hydrogen-bond acceptors (Lipinski definition) is 6. The van der Waals surface area contributed by atoms with E-state index in [1.54, 1.807) is 60.7 Å². The van der Waals surface area contributed by atoms with Crippen molar-refractivity contribution in [2.45, 2.75) is 0 Å². The smallest absolute Gasteiger partial charge is 0.358 e. The van der Waals surface area contributed by atoms with Gasteiger partial charge in [0.1, 0.15) is 0 Å². The number of anilines is 2. The second-order valence-electron chi connectivity index (χ2n) is 4.91. The number of methoxy groups -OCH3 is 2. The summed E-state index contributed by atoms with van der Waals surface area (Å²) in [5.41, 5.74) is 0.306. The third-order valence-corrected chi connectivity index (χ3v) is 4.07. The van der Waals surface area contributed by atoms with E-state index in [9.17, 15) is 9.59 Å². The van der Waals surface area contributed by atoms with Gasteiger partial charge in [0.05, 0.1) is 25.6 Å². The summed E-state index contributed by atoms with van der Waals surface area (Å²) in [6, 6.07) is 17.1. The second-order valence-corrected chi connectivity index (χ2v) is 5.59. The zero-order valence-corrected chi connectivity index (χ0v) is 15.6. The van der Waals surface area contributed by atoms with Crippen LogP contribution in [-0.4, -0.2) is 26.2 Å². The fraction of sp³-hybridized carbons (Fsp3) is 0.111. The first kappa shape index (κ1) is 19.6. The lowest BCUT2D eigenvalue weighted by Gasteiger charge is -2.24. The van der Waals surface area contributed by atoms with Crippen molar-refractivity contribution in [2.24, 2.45) is 0 Å². The average Bonchev–Trinajstić information content (AvgIpc) is 2.71. The quantitative estimate of drug-likeness (QED) is 0.421. The molecule has 26 heavy (non-hydrogen) atoms. The van der Waals surface area contributed by atoms with E-state index in [0.717, 1.165) is 8.84 Å². The van der Waals surface area contributed by atoms with Gasteiger partial charge in [-0.05, 0) is 24.3 Å². The Kier molecular flexibility index (Phi) is 6.89. The van der Waals surface area contributed by atoms with Gasteiger partial charge in [-0.2, -0.15) is 0 Å². The Labute approximate surface area is 161 Å². The first-order valence-corrected chi connectivity index (χ1v) is 8.11. The van der Waals surface area contributed by atoms with Gasteiger partial charge < -0.3 is 9.47 Å². The molecule has 0 saturated carbocycles. The Hall–Kier alpha value is -2.70. The molecule has 0 heterocycles. The lowest BCUT2D eigenvalue weighted by atomic mass is 10.2. The number of rotatable bonds is 6. The highest BCUT2D eigenvalue weighted by Crippen LogP contribution is 2.30. The Morgan fingerprint density at radius 1 is 0.692 bits per heavy atom. The van der Waals surface area contributed by atoms with Gasteiger partial charge in [-0.25, -0.2) is 18.4 Å². The standard InChI is InChI=1S/C18H16Cl2N2O4/c1-25-17(23)15(21(19)13-9-5-3-6-10-13)16(18(24)26-2)22(20)14-11-7-4-8-12-14/h3-12H,1-2H3/b16-15-. The van der Waals surface area contributed by atoms with Crippen molar-refractivity contribution in [3.8, 4) is 0 Å². The monoisotopic (exact) mass is 394 g/mol. The summed E-state index contributed by atoms with van der Waals surface area (Å²) >= 11 is 12.7. The normalized spacial score (nSPS) is 11.2. The molecule has 0 aromatic heterocycles. The van der Waals surface area contributed by atoms with Gasteiger partial charge in [-0.15, -0.1) is 0 Å². The molecule has 8 heteroatoms. The molecule has 0 fully saturated rings. The average molecular weight is 395 g/mol. The number of hydrogen-bond donors (Lipinski definition) is 0. The Morgan fingerprint density at radius 2 is 1.00 bits per heavy atom. The molecule has 0 aliphatic carbocycles. The highest BCUT2D eigenvalue weighted by molar-refractivity contribution is 6.34. The van der Waals surface area contributed by atoms with Crippen LogP contribution in [0.2, 0.25) is 0 Å². The SMILES string of the molecule is COC(=O)/C(=C(\C(=O)OC)N(Cl)c1ccccc1)N(Cl)c1ccccc1. The largest absolute Gasteiger partial charge is 0.464 e. The van der Waals surface area contributed by atoms with Crippen LogP contribution in [0.1, 0.15) is 0 Å². The van der Waals surface area contributed by atoms with Crippen molar-refractivity contribution < 1.29 is 19.1 Å². The Morgan fingerprint density at radius 3 is 1.27 bits per heavy atom. The van der Waals surface area contributed by atoms with E-state index in [2.05, 4.69) is 0 Å². The fourth-order valence-corrected chi connectivity index (χ4v) is 2.63. The second kappa shape index (κ2) is 9.12. The summed E-state index contributed by atoms with van der Waals surface area (Å²) < 4.78 is 11.6. The van der Waals surface area contributed by atoms with Gasteiger partial charge in [0.2, 0.25) is 0 Å². The number of carbonyl (C=O) groups excluding carboxylic acids is 2. The van der Waals surface area contributed by atoms with E-state index in [1.165, 1.54) is 14.2 Å². The maximum absolute atomic E-state index is 12.4. The number of nitrogens with zero attached hydrogens (tertiary/aromatic N) is 2. The van der Waals surface area contributed by atoms with Gasteiger partial charge in [-0.1, -0.05) is 36.4 Å². The maximum Gasteiger partial charge on any atom is 0.358 e. The molecular formula is C18H16Cl2N2O4. The molecule has 0 atom stereocenters. The molecule has 6 nitrogen and oxygen atoms in total. The molecular weight excluding hydrogens is 379 g/mol. The predicted molar refractivity (Wildman–Crippen MR) is 101 cm³/mol. The lowest BCUT2D eigenvalue weighted by molar-refractivity contribution is -0.139. The third kappa shape index (κ3) is 4.28. The number of ether oxygens (including phenoxy) is 2. The molecule has 136 valence electrons. The summed E-state index contributed by atoms with van der Waals surface area (Å²) in [5, 5.41) is 0. The van der Waals surface area contributed by atoms with Crippen LogP contribution in [0.15, 0.2) is 72.1 Å². The van der Waals surface area contributed by atoms with E-state index in [1.807, 2.05) is 0 Å². The minimum Gasteiger partial charge on any atom is -0.464 e. The number of carbonyl (C=O) groups is 2. The molecule has 0 amide bonds. The Bertz CT molecular complexity index is 730. The van der Waals surface area contributed by atoms with Crippen molar-refractivity contribution in [2.75, 3.05) is 23.1 Å². The van der Waals surface area contributed by atoms with Crippen LogP contribution in [0, 0.1) is 0 Å². The van der Waals surface area contributed by atoms with Gasteiger partial charge in [0.15, 0.2) is 11.4 Å². The van der Waals surface area contributed by atoms with Crippen LogP contribution < -0.4 is 8.84 Å². The maximum atomic E-state index is 12.4. The van der Waals surface area contributed by atoms with Crippen LogP contribution in [-0.2, 0) is 19.1 Å². The number of benzene rings is 2. The zero-order valence-electron chi connectivity index (χ0n) is 14.1. The lowest BCUT2D eigenvalue weighted by Crippen LogP contribution is -2.31. The molecule has 2 rings (SSSR count). The van der Waals surface area contributed by atoms with Gasteiger partial charge >= 0.3 is 11.9 Å². The van der Waals surface area contributed by atoms with Crippen molar-refractivity contribution in [3.05, 3.63) is 72.1 Å². The molecule has 0 radical (unpaired) electrons. The molecule has 0 unspecified atom stereocenters. The van der Waals surface area contributed by atoms with E-state index in [-0.39, 0.29) is 11.4 Å². The van der Waals surface area contributed by atoms with E-state index < -0.39 is 11.9 Å². The van der Waals surface area contributed by atoms with Crippen LogP contribution in [0.5, 0.6) is 0 Å². The van der Waals surface area contributed by atoms with Crippen LogP contribution in [0.4, 0.5) is 11.4 Å². The van der Waals surface area contributed by atoms with Crippen molar-refractivity contribution in [1.29, 1.82) is 0 Å². The van der Waals surface area contributed by atoms with E-state index >= 15 is 0 Å². The van der Waals surface area contributed by atoms with Gasteiger partial charge in [0.25, 0.3) is 0 Å². The van der Waals surface area contributed by atoms with E-state index in [4.69, 9.17) is 33.0 Å². The molecule has 0 bridgehead atoms. The number of para-hydroxylation sites is 2. The highest BCUT2D eigenvalue weighted by atomic mass is 35.5. The summed E-state index contributed by atoms with van der Waals surface area (Å²) in [4.78, 5) is 24.9. The molecule has 0 N–H and O–H groups in total.